The van der Waals surface area contributed by atoms with E-state index >= 15 is 0 Å². The number of ketones is 4. The Kier molecular flexibility index (Phi) is 3.77. The predicted octanol–water partition coefficient (Wildman–Crippen LogP) is 1.70. The van der Waals surface area contributed by atoms with Crippen LogP contribution < -0.4 is 0 Å². The van der Waals surface area contributed by atoms with Crippen molar-refractivity contribution in [2.45, 2.75) is 51.4 Å². The first-order chi connectivity index (χ1) is 11.6. The van der Waals surface area contributed by atoms with E-state index in [9.17, 15) is 19.2 Å². The van der Waals surface area contributed by atoms with Gasteiger partial charge in [0.25, 0.3) is 0 Å². The number of Topliss-reactive ketones (excluding diaryl/α,β-unsaturated/α-hetero) is 4. The molecule has 4 rings (SSSR count). The lowest BCUT2D eigenvalue weighted by Crippen LogP contribution is -2.22. The van der Waals surface area contributed by atoms with Crippen LogP contribution in [0.4, 0.5) is 0 Å². The molecule has 0 bridgehead atoms. The van der Waals surface area contributed by atoms with Crippen LogP contribution in [0.5, 0.6) is 0 Å². The Balaban J connectivity index is 1.66. The average molecular weight is 328 g/mol. The number of hydrogen-bond donors (Lipinski definition) is 0. The van der Waals surface area contributed by atoms with Crippen LogP contribution in [0.2, 0.25) is 0 Å². The van der Waals surface area contributed by atoms with E-state index in [0.29, 0.717) is 0 Å². The Morgan fingerprint density at radius 2 is 0.875 bits per heavy atom. The minimum absolute atomic E-state index is 0.155. The lowest BCUT2D eigenvalue weighted by Gasteiger charge is -2.23. The largest absolute Gasteiger partial charge is 0.290 e. The first-order valence-electron chi connectivity index (χ1n) is 8.92. The molecule has 6 heteroatoms. The third-order valence-electron chi connectivity index (χ3n) is 6.09. The molecule has 0 aliphatic heterocycles. The molecule has 0 aromatic heterocycles. The molecule has 4 aliphatic carbocycles. The van der Waals surface area contributed by atoms with Crippen molar-refractivity contribution in [3.8, 4) is 0 Å². The topological polar surface area (TPSA) is 93.0 Å². The number of carbonyl (C=O) groups is 4. The second-order valence-corrected chi connectivity index (χ2v) is 7.35. The Hall–Kier alpha value is -1.98. The standard InChI is InChI=1S/C18H20N2O4/c21-15-11-7-3-1-5-9(11)13(17(15)23)19-20-14-10-6-2-4-8-12(10)16(22)18(14)24/h9-12H,1-8H2. The molecule has 4 aliphatic rings. The summed E-state index contributed by atoms with van der Waals surface area (Å²) in [5.74, 6) is -2.63. The van der Waals surface area contributed by atoms with E-state index in [1.807, 2.05) is 0 Å². The van der Waals surface area contributed by atoms with Crippen LogP contribution in [0, 0.1) is 23.7 Å². The smallest absolute Gasteiger partial charge is 0.245 e. The van der Waals surface area contributed by atoms with E-state index in [1.54, 1.807) is 0 Å². The van der Waals surface area contributed by atoms with E-state index in [2.05, 4.69) is 10.2 Å². The normalized spacial score (nSPS) is 39.7. The second kappa shape index (κ2) is 5.83. The summed E-state index contributed by atoms with van der Waals surface area (Å²) in [4.78, 5) is 48.6. The fraction of sp³-hybridized carbons (Fsp3) is 0.667. The fourth-order valence-corrected chi connectivity index (χ4v) is 4.82. The molecule has 126 valence electrons. The third kappa shape index (κ3) is 2.23. The molecule has 4 saturated carbocycles. The van der Waals surface area contributed by atoms with Crippen molar-refractivity contribution in [1.82, 2.24) is 0 Å². The van der Waals surface area contributed by atoms with Crippen LogP contribution in [0.15, 0.2) is 10.2 Å². The summed E-state index contributed by atoms with van der Waals surface area (Å²) in [6.07, 6.45) is 6.85. The molecule has 0 saturated heterocycles. The van der Waals surface area contributed by atoms with Gasteiger partial charge in [-0.2, -0.15) is 10.2 Å². The molecule has 4 atom stereocenters. The minimum atomic E-state index is -0.548. The average Bonchev–Trinajstić information content (AvgIpc) is 3.00. The highest BCUT2D eigenvalue weighted by Crippen LogP contribution is 2.39. The van der Waals surface area contributed by atoms with Crippen molar-refractivity contribution in [2.75, 3.05) is 0 Å². The van der Waals surface area contributed by atoms with Crippen LogP contribution in [0.25, 0.3) is 0 Å². The van der Waals surface area contributed by atoms with Gasteiger partial charge in [-0.05, 0) is 25.7 Å². The Morgan fingerprint density at radius 3 is 1.25 bits per heavy atom. The molecule has 0 amide bonds. The van der Waals surface area contributed by atoms with E-state index in [4.69, 9.17) is 0 Å². The van der Waals surface area contributed by atoms with E-state index in [1.165, 1.54) is 0 Å². The van der Waals surface area contributed by atoms with Crippen LogP contribution >= 0.6 is 0 Å². The molecule has 0 N–H and O–H groups in total. The van der Waals surface area contributed by atoms with Crippen molar-refractivity contribution in [1.29, 1.82) is 0 Å². The molecule has 0 heterocycles. The summed E-state index contributed by atoms with van der Waals surface area (Å²) in [6, 6.07) is 0. The van der Waals surface area contributed by atoms with Gasteiger partial charge < -0.3 is 0 Å². The molecule has 0 radical (unpaired) electrons. The summed E-state index contributed by atoms with van der Waals surface area (Å²) < 4.78 is 0. The van der Waals surface area contributed by atoms with Crippen LogP contribution in [-0.4, -0.2) is 34.6 Å². The van der Waals surface area contributed by atoms with Crippen molar-refractivity contribution in [3.63, 3.8) is 0 Å². The zero-order valence-electron chi connectivity index (χ0n) is 13.5. The van der Waals surface area contributed by atoms with Crippen molar-refractivity contribution >= 4 is 34.6 Å². The summed E-state index contributed by atoms with van der Waals surface area (Å²) in [6.45, 7) is 0. The molecule has 6 nitrogen and oxygen atoms in total. The number of nitrogens with zero attached hydrogens (tertiary/aromatic N) is 2. The second-order valence-electron chi connectivity index (χ2n) is 7.35. The highest BCUT2D eigenvalue weighted by atomic mass is 16.2. The monoisotopic (exact) mass is 328 g/mol. The molecule has 4 unspecified atom stereocenters. The number of fused-ring (bicyclic) bond motifs is 2. The van der Waals surface area contributed by atoms with Gasteiger partial charge in [0.15, 0.2) is 0 Å². The molecule has 24 heavy (non-hydrogen) atoms. The van der Waals surface area contributed by atoms with Crippen LogP contribution in [0.1, 0.15) is 51.4 Å². The Labute approximate surface area is 139 Å². The summed E-state index contributed by atoms with van der Waals surface area (Å²) >= 11 is 0. The van der Waals surface area contributed by atoms with Gasteiger partial charge in [-0.25, -0.2) is 0 Å². The lowest BCUT2D eigenvalue weighted by atomic mass is 9.81. The minimum Gasteiger partial charge on any atom is -0.290 e. The van der Waals surface area contributed by atoms with Crippen LogP contribution in [0.3, 0.4) is 0 Å². The zero-order valence-corrected chi connectivity index (χ0v) is 13.5. The Bertz CT molecular complexity index is 646. The van der Waals surface area contributed by atoms with Gasteiger partial charge in [-0.3, -0.25) is 19.2 Å². The van der Waals surface area contributed by atoms with Gasteiger partial charge >= 0.3 is 0 Å². The molecule has 0 aromatic carbocycles. The maximum Gasteiger partial charge on any atom is 0.245 e. The summed E-state index contributed by atoms with van der Waals surface area (Å²) in [5, 5.41) is 8.12. The fourth-order valence-electron chi connectivity index (χ4n) is 4.82. The third-order valence-corrected chi connectivity index (χ3v) is 6.09. The Morgan fingerprint density at radius 1 is 0.542 bits per heavy atom. The van der Waals surface area contributed by atoms with E-state index in [-0.39, 0.29) is 46.7 Å². The van der Waals surface area contributed by atoms with Crippen LogP contribution in [-0.2, 0) is 19.2 Å². The maximum atomic E-state index is 12.2. The molecule has 0 spiro atoms. The number of carbonyl (C=O) groups excluding carboxylic acids is 4. The van der Waals surface area contributed by atoms with Gasteiger partial charge in [0, 0.05) is 23.7 Å². The molecule has 4 fully saturated rings. The number of rotatable bonds is 1. The first kappa shape index (κ1) is 15.5. The lowest BCUT2D eigenvalue weighted by molar-refractivity contribution is -0.134. The summed E-state index contributed by atoms with van der Waals surface area (Å²) in [5.41, 5.74) is 0.411. The quantitative estimate of drug-likeness (QED) is 0.541. The van der Waals surface area contributed by atoms with Crippen molar-refractivity contribution in [3.05, 3.63) is 0 Å². The summed E-state index contributed by atoms with van der Waals surface area (Å²) in [7, 11) is 0. The van der Waals surface area contributed by atoms with E-state index < -0.39 is 11.6 Å². The molecular formula is C18H20N2O4. The molecular weight excluding hydrogens is 308 g/mol. The molecule has 0 aromatic rings. The zero-order chi connectivity index (χ0) is 16.8. The highest BCUT2D eigenvalue weighted by Gasteiger charge is 2.49. The number of hydrogen-bond acceptors (Lipinski definition) is 6. The van der Waals surface area contributed by atoms with Gasteiger partial charge in [-0.15, -0.1) is 0 Å². The first-order valence-corrected chi connectivity index (χ1v) is 8.92. The SMILES string of the molecule is O=C1C(=O)C2CCCCC2C1=NN=C1C(=O)C(=O)C2CCCCC12. The maximum absolute atomic E-state index is 12.2. The van der Waals surface area contributed by atoms with Gasteiger partial charge in [0.05, 0.1) is 0 Å². The van der Waals surface area contributed by atoms with Crippen molar-refractivity contribution < 1.29 is 19.2 Å². The van der Waals surface area contributed by atoms with Crippen molar-refractivity contribution in [2.24, 2.45) is 33.9 Å². The highest BCUT2D eigenvalue weighted by molar-refractivity contribution is 6.70. The van der Waals surface area contributed by atoms with E-state index in [0.717, 1.165) is 51.4 Å². The van der Waals surface area contributed by atoms with Gasteiger partial charge in [0.2, 0.25) is 23.1 Å². The van der Waals surface area contributed by atoms with Gasteiger partial charge in [-0.1, -0.05) is 25.7 Å². The van der Waals surface area contributed by atoms with Gasteiger partial charge in [0.1, 0.15) is 11.4 Å². The predicted molar refractivity (Wildman–Crippen MR) is 85.8 cm³/mol.